The molecule has 6 rings (SSSR count). The molecule has 0 aliphatic carbocycles. The third kappa shape index (κ3) is 23.8. The molecule has 2 aliphatic heterocycles. The number of aromatic amines is 1. The Morgan fingerprint density at radius 3 is 1.40 bits per heavy atom. The van der Waals surface area contributed by atoms with E-state index in [0.29, 0.717) is 61.0 Å². The highest BCUT2D eigenvalue weighted by molar-refractivity contribution is 5.99. The number of aromatic nitrogens is 2. The van der Waals surface area contributed by atoms with E-state index in [9.17, 15) is 43.8 Å². The van der Waals surface area contributed by atoms with Crippen LogP contribution in [0.2, 0.25) is 0 Å². The van der Waals surface area contributed by atoms with Crippen molar-refractivity contribution in [2.24, 2.45) is 22.9 Å². The van der Waals surface area contributed by atoms with Crippen molar-refractivity contribution in [3.05, 3.63) is 126 Å². The van der Waals surface area contributed by atoms with Gasteiger partial charge in [-0.3, -0.25) is 54.0 Å². The first-order valence-electron chi connectivity index (χ1n) is 31.9. The van der Waals surface area contributed by atoms with Crippen LogP contribution in [-0.2, 0) is 73.6 Å². The second-order valence-corrected chi connectivity index (χ2v) is 23.5. The molecular formula is C64H91N19O12. The lowest BCUT2D eigenvalue weighted by atomic mass is 10.00. The molecule has 0 saturated carbocycles. The van der Waals surface area contributed by atoms with E-state index >= 15 is 14.4 Å². The van der Waals surface area contributed by atoms with E-state index < -0.39 is 126 Å². The quantitative estimate of drug-likeness (QED) is 0.0122. The van der Waals surface area contributed by atoms with Gasteiger partial charge in [0.1, 0.15) is 54.4 Å². The van der Waals surface area contributed by atoms with E-state index in [1.54, 1.807) is 97.2 Å². The fraction of sp³-hybridized carbons (Fsp3) is 0.484. The number of aliphatic carboxylic acids is 1. The van der Waals surface area contributed by atoms with Gasteiger partial charge in [0, 0.05) is 58.1 Å². The Kier molecular flexibility index (Phi) is 29.8. The second-order valence-electron chi connectivity index (χ2n) is 23.5. The van der Waals surface area contributed by atoms with E-state index in [2.05, 4.69) is 57.8 Å². The average molecular weight is 1320 g/mol. The number of nitrogens with zero attached hydrogens (tertiary/aromatic N) is 3. The number of imidazole rings is 1. The highest BCUT2D eigenvalue weighted by atomic mass is 16.4. The maximum absolute atomic E-state index is 15.2. The number of nitrogens with one attached hydrogen (secondary N) is 12. The number of amides is 9. The molecule has 514 valence electrons. The first-order chi connectivity index (χ1) is 45.6. The van der Waals surface area contributed by atoms with Crippen LogP contribution in [0.25, 0.3) is 0 Å². The molecule has 0 unspecified atom stereocenters. The summed E-state index contributed by atoms with van der Waals surface area (Å²) in [6.07, 6.45) is 5.32. The van der Waals surface area contributed by atoms with Crippen LogP contribution in [0, 0.1) is 10.8 Å². The summed E-state index contributed by atoms with van der Waals surface area (Å²) < 4.78 is 0. The lowest BCUT2D eigenvalue weighted by Gasteiger charge is -2.31. The smallest absolute Gasteiger partial charge is 0.326 e. The molecular weight excluding hydrogens is 1230 g/mol. The van der Waals surface area contributed by atoms with Crippen molar-refractivity contribution in [3.8, 4) is 0 Å². The molecule has 0 radical (unpaired) electrons. The van der Waals surface area contributed by atoms with Crippen molar-refractivity contribution < 1.29 is 58.2 Å². The molecule has 10 atom stereocenters. The second kappa shape index (κ2) is 38.2. The zero-order chi connectivity index (χ0) is 68.8. The summed E-state index contributed by atoms with van der Waals surface area (Å²) in [4.78, 5) is 152. The van der Waals surface area contributed by atoms with Gasteiger partial charge in [0.25, 0.3) is 0 Å². The Labute approximate surface area is 550 Å². The zero-order valence-corrected chi connectivity index (χ0v) is 53.1. The van der Waals surface area contributed by atoms with E-state index in [4.69, 9.17) is 33.8 Å². The molecule has 9 amide bonds. The van der Waals surface area contributed by atoms with Crippen LogP contribution in [0.3, 0.4) is 0 Å². The minimum absolute atomic E-state index is 0.0129. The van der Waals surface area contributed by atoms with E-state index in [1.165, 1.54) is 16.1 Å². The minimum atomic E-state index is -1.64. The van der Waals surface area contributed by atoms with Gasteiger partial charge in [0.2, 0.25) is 53.2 Å². The standard InChI is InChI=1S/C64H91N19O12/c65-27-11-10-23-44(53(85)81-50(37-84)57(89)76-45(62(94)95)24-13-29-73-64(69)70)75-58(90)52-26-15-31-83(52)61(93)49(34-41-20-8-3-9-21-41)80-55(87)47(33-40-18-6-2-7-19-40)77-54(86)46(32-39-16-4-1-5-17-39)78-56(88)48(35-42-36-71-38-74-42)79-59(91)51-25-14-30-82(51)60(92)43(66)22-12-28-72-63(67)68/h1-9,16-21,36,38,43-52,84H,10-15,22-35,37,65-66H2,(H,71,74)(H,75,90)(H,76,89)(H,77,86)(H,78,88)(H,79,91)(H,80,87)(H,81,85)(H,94,95)(H4,67,68,72)(H4,69,70,73)/t43-,44-,45-,46-,47-,48-,49-,50-,51-,52-/m0/s1. The Bertz CT molecular complexity index is 3200. The van der Waals surface area contributed by atoms with Crippen LogP contribution < -0.4 is 70.8 Å². The predicted molar refractivity (Wildman–Crippen MR) is 350 cm³/mol. The Morgan fingerprint density at radius 2 is 0.937 bits per heavy atom. The van der Waals surface area contributed by atoms with E-state index in [0.717, 1.165) is 0 Å². The number of likely N-dealkylation sites (tertiary alicyclic amines) is 2. The summed E-state index contributed by atoms with van der Waals surface area (Å²) in [7, 11) is 0. The number of carbonyl (C=O) groups excluding carboxylic acids is 9. The van der Waals surface area contributed by atoms with Gasteiger partial charge in [-0.15, -0.1) is 0 Å². The lowest BCUT2D eigenvalue weighted by molar-refractivity contribution is -0.143. The Hall–Kier alpha value is -10.0. The van der Waals surface area contributed by atoms with E-state index in [-0.39, 0.29) is 102 Å². The van der Waals surface area contributed by atoms with Crippen molar-refractivity contribution in [2.45, 2.75) is 157 Å². The van der Waals surface area contributed by atoms with Gasteiger partial charge in [0.15, 0.2) is 11.9 Å². The fourth-order valence-corrected chi connectivity index (χ4v) is 11.3. The third-order valence-corrected chi connectivity index (χ3v) is 16.3. The zero-order valence-electron chi connectivity index (χ0n) is 53.1. The maximum Gasteiger partial charge on any atom is 0.326 e. The molecule has 3 heterocycles. The van der Waals surface area contributed by atoms with Gasteiger partial charge in [-0.25, -0.2) is 9.78 Å². The molecule has 1 aromatic heterocycles. The highest BCUT2D eigenvalue weighted by Gasteiger charge is 2.42. The molecule has 95 heavy (non-hydrogen) atoms. The molecule has 31 heteroatoms. The number of H-pyrrole nitrogens is 1. The van der Waals surface area contributed by atoms with Crippen LogP contribution in [0.4, 0.5) is 0 Å². The van der Waals surface area contributed by atoms with Gasteiger partial charge in [-0.05, 0) is 93.9 Å². The fourth-order valence-electron chi connectivity index (χ4n) is 11.3. The van der Waals surface area contributed by atoms with Crippen LogP contribution >= 0.6 is 0 Å². The normalized spacial score (nSPS) is 16.8. The van der Waals surface area contributed by atoms with Gasteiger partial charge in [0.05, 0.1) is 24.7 Å². The van der Waals surface area contributed by atoms with Gasteiger partial charge in [-0.2, -0.15) is 0 Å². The number of unbranched alkanes of at least 4 members (excludes halogenated alkanes) is 1. The first kappa shape index (κ1) is 74.0. The average Bonchev–Trinajstić information content (AvgIpc) is 2.41. The summed E-state index contributed by atoms with van der Waals surface area (Å²) in [6, 6.07) is 13.3. The number of nitrogens with two attached hydrogens (primary N) is 4. The molecule has 22 N–H and O–H groups in total. The summed E-state index contributed by atoms with van der Waals surface area (Å²) in [6.45, 7) is 0.0557. The SMILES string of the molecule is N=C(N)NCCC[C@H](NC(=O)[C@H](CO)NC(=O)[C@H](CCCCN)NC(=O)[C@@H]1CCCN1C(=O)[C@H](Cc1ccccc1)NC(=O)[C@H](Cc1ccccc1)NC(=O)[C@H](Cc1ccccc1)NC(=O)[C@H](Cc1c[nH]cn1)NC(=O)[C@@H]1CCCN1C(=O)[C@@H](N)CCCNC(=N)N)C(=O)O. The summed E-state index contributed by atoms with van der Waals surface area (Å²) in [5.41, 5.74) is 25.0. The Balaban J connectivity index is 1.22. The number of aliphatic hydroxyl groups is 1. The van der Waals surface area contributed by atoms with Crippen molar-refractivity contribution in [1.82, 2.24) is 67.6 Å². The number of carboxylic acids is 1. The van der Waals surface area contributed by atoms with Crippen molar-refractivity contribution in [1.29, 1.82) is 10.8 Å². The van der Waals surface area contributed by atoms with Gasteiger partial charge in [-0.1, -0.05) is 91.0 Å². The van der Waals surface area contributed by atoms with Crippen molar-refractivity contribution in [2.75, 3.05) is 39.3 Å². The molecule has 2 fully saturated rings. The number of carboxylic acid groups (broad SMARTS) is 1. The molecule has 0 bridgehead atoms. The lowest BCUT2D eigenvalue weighted by Crippen LogP contribution is -2.61. The maximum atomic E-state index is 15.2. The largest absolute Gasteiger partial charge is 0.480 e. The molecule has 31 nitrogen and oxygen atoms in total. The number of guanidine groups is 2. The molecule has 0 spiro atoms. The van der Waals surface area contributed by atoms with Crippen LogP contribution in [-0.4, -0.2) is 201 Å². The number of carbonyl (C=O) groups is 10. The summed E-state index contributed by atoms with van der Waals surface area (Å²) >= 11 is 0. The molecule has 2 aliphatic rings. The highest BCUT2D eigenvalue weighted by Crippen LogP contribution is 2.23. The monoisotopic (exact) mass is 1320 g/mol. The van der Waals surface area contributed by atoms with Gasteiger partial charge < -0.3 is 95.8 Å². The predicted octanol–water partition coefficient (Wildman–Crippen LogP) is -2.88. The topological polar surface area (TPSA) is 506 Å². The van der Waals surface area contributed by atoms with Crippen LogP contribution in [0.5, 0.6) is 0 Å². The Morgan fingerprint density at radius 1 is 0.526 bits per heavy atom. The van der Waals surface area contributed by atoms with Crippen molar-refractivity contribution >= 4 is 71.1 Å². The number of benzene rings is 3. The van der Waals surface area contributed by atoms with Gasteiger partial charge >= 0.3 is 5.97 Å². The third-order valence-electron chi connectivity index (χ3n) is 16.3. The summed E-state index contributed by atoms with van der Waals surface area (Å²) in [5.74, 6) is -8.73. The summed E-state index contributed by atoms with van der Waals surface area (Å²) in [5, 5.41) is 58.8. The molecule has 2 saturated heterocycles. The molecule has 4 aromatic rings. The first-order valence-corrected chi connectivity index (χ1v) is 31.9. The van der Waals surface area contributed by atoms with Crippen LogP contribution in [0.1, 0.15) is 93.0 Å². The minimum Gasteiger partial charge on any atom is -0.480 e. The molecule has 3 aromatic carbocycles. The van der Waals surface area contributed by atoms with E-state index in [1.807, 2.05) is 0 Å². The number of aliphatic hydroxyl groups excluding tert-OH is 1. The number of hydrogen-bond donors (Lipinski definition) is 18. The van der Waals surface area contributed by atoms with Crippen molar-refractivity contribution in [3.63, 3.8) is 0 Å². The number of rotatable bonds is 38. The number of hydrogen-bond acceptors (Lipinski definition) is 16. The van der Waals surface area contributed by atoms with Crippen LogP contribution in [0.15, 0.2) is 104 Å².